The van der Waals surface area contributed by atoms with Crippen LogP contribution in [0.2, 0.25) is 0 Å². The lowest BCUT2D eigenvalue weighted by Gasteiger charge is -2.32. The summed E-state index contributed by atoms with van der Waals surface area (Å²) >= 11 is 0. The lowest BCUT2D eigenvalue weighted by molar-refractivity contribution is -0.152. The zero-order valence-electron chi connectivity index (χ0n) is 27.6. The largest absolute Gasteiger partial charge is 0.481 e. The van der Waals surface area contributed by atoms with E-state index in [9.17, 15) is 32.8 Å². The van der Waals surface area contributed by atoms with Crippen LogP contribution in [0.15, 0.2) is 0 Å². The number of carboxylic acids is 2. The summed E-state index contributed by atoms with van der Waals surface area (Å²) in [7, 11) is -5.12. The summed E-state index contributed by atoms with van der Waals surface area (Å²) in [5, 5.41) is 45.0. The number of nitrogens with zero attached hydrogens (tertiary/aromatic N) is 1. The predicted molar refractivity (Wildman–Crippen MR) is 174 cm³/mol. The minimum atomic E-state index is -5.12. The molecule has 0 aromatic carbocycles. The lowest BCUT2D eigenvalue weighted by atomic mass is 9.82. The first kappa shape index (κ1) is 44.8. The fraction of sp³-hybridized carbons (Fsp3) is 0.938. The number of hydrogen-bond donors (Lipinski definition) is 6. The Morgan fingerprint density at radius 3 is 1.25 bits per heavy atom. The second-order valence-electron chi connectivity index (χ2n) is 11.8. The normalized spacial score (nSPS) is 13.7. The van der Waals surface area contributed by atoms with Crippen LogP contribution in [0.3, 0.4) is 0 Å². The molecule has 0 heterocycles. The van der Waals surface area contributed by atoms with Gasteiger partial charge in [0.25, 0.3) is 10.1 Å². The summed E-state index contributed by atoms with van der Waals surface area (Å²) in [5.74, 6) is -4.91. The fourth-order valence-electron chi connectivity index (χ4n) is 5.52. The van der Waals surface area contributed by atoms with Gasteiger partial charge in [-0.15, -0.1) is 0 Å². The van der Waals surface area contributed by atoms with Crippen molar-refractivity contribution in [1.82, 2.24) is 4.90 Å². The molecule has 0 amide bonds. The molecule has 0 aliphatic rings. The van der Waals surface area contributed by atoms with Gasteiger partial charge in [-0.1, -0.05) is 129 Å². The topological polar surface area (TPSA) is 193 Å². The van der Waals surface area contributed by atoms with E-state index in [1.54, 1.807) is 4.90 Å². The van der Waals surface area contributed by atoms with Gasteiger partial charge in [0.2, 0.25) is 4.75 Å². The maximum atomic E-state index is 12.3. The molecule has 0 aromatic heterocycles. The van der Waals surface area contributed by atoms with Gasteiger partial charge in [0.05, 0.1) is 25.7 Å². The Morgan fingerprint density at radius 1 is 0.614 bits per heavy atom. The third kappa shape index (κ3) is 20.7. The molecule has 0 bridgehead atoms. The molecule has 0 radical (unpaired) electrons. The van der Waals surface area contributed by atoms with Gasteiger partial charge in [0.15, 0.2) is 0 Å². The number of carboxylic acid groups (broad SMARTS) is 2. The average Bonchev–Trinajstić information content (AvgIpc) is 2.95. The van der Waals surface area contributed by atoms with Gasteiger partial charge in [-0.25, -0.2) is 0 Å². The predicted octanol–water partition coefficient (Wildman–Crippen LogP) is 5.51. The third-order valence-corrected chi connectivity index (χ3v) is 9.76. The second-order valence-corrected chi connectivity index (χ2v) is 13.4. The molecule has 2 atom stereocenters. The second kappa shape index (κ2) is 29.1. The van der Waals surface area contributed by atoms with E-state index in [4.69, 9.17) is 15.3 Å². The van der Waals surface area contributed by atoms with Crippen molar-refractivity contribution < 1.29 is 48.1 Å². The molecule has 12 heteroatoms. The molecule has 6 N–H and O–H groups in total. The SMILES string of the molecule is CCCCCCCCCCCC(C(=O)O)C(CCCCCCCCCCC)(C(=O)O)S(=O)(=O)O.OCCN(CCO)CCO. The van der Waals surface area contributed by atoms with Gasteiger partial charge in [-0.3, -0.25) is 19.0 Å². The Morgan fingerprint density at radius 2 is 0.955 bits per heavy atom. The molecule has 0 aliphatic carbocycles. The third-order valence-electron chi connectivity index (χ3n) is 8.18. The molecule has 0 saturated heterocycles. The van der Waals surface area contributed by atoms with Gasteiger partial charge in [0.1, 0.15) is 0 Å². The standard InChI is InChI=1S/C26H50O7S.C6H15NO3/c1-3-5-7-9-11-13-15-17-19-21-23(24(27)28)26(25(29)30,34(31,32)33)22-20-18-16-14-12-10-8-6-4-2;8-4-1-7(2-5-9)3-6-10/h23H,3-22H2,1-2H3,(H,27,28)(H,29,30)(H,31,32,33);8-10H,1-6H2. The molecular weight excluding hydrogens is 590 g/mol. The van der Waals surface area contributed by atoms with Crippen LogP contribution in [0.1, 0.15) is 142 Å². The van der Waals surface area contributed by atoms with E-state index in [1.807, 2.05) is 0 Å². The van der Waals surface area contributed by atoms with E-state index < -0.39 is 32.7 Å². The maximum absolute atomic E-state index is 12.3. The maximum Gasteiger partial charge on any atom is 0.328 e. The number of hydrogen-bond acceptors (Lipinski definition) is 8. The number of aliphatic carboxylic acids is 2. The van der Waals surface area contributed by atoms with Gasteiger partial charge in [-0.05, 0) is 12.8 Å². The van der Waals surface area contributed by atoms with E-state index in [2.05, 4.69) is 13.8 Å². The van der Waals surface area contributed by atoms with Crippen molar-refractivity contribution in [2.24, 2.45) is 5.92 Å². The highest BCUT2D eigenvalue weighted by Crippen LogP contribution is 2.37. The van der Waals surface area contributed by atoms with E-state index >= 15 is 0 Å². The molecule has 0 spiro atoms. The van der Waals surface area contributed by atoms with Crippen molar-refractivity contribution in [3.05, 3.63) is 0 Å². The Bertz CT molecular complexity index is 782. The van der Waals surface area contributed by atoms with Crippen LogP contribution in [-0.2, 0) is 19.7 Å². The fourth-order valence-corrected chi connectivity index (χ4v) is 6.72. The van der Waals surface area contributed by atoms with Crippen LogP contribution >= 0.6 is 0 Å². The average molecular weight is 656 g/mol. The summed E-state index contributed by atoms with van der Waals surface area (Å²) in [6.45, 7) is 6.07. The Kier molecular flexibility index (Phi) is 29.7. The monoisotopic (exact) mass is 655 g/mol. The number of aliphatic hydroxyl groups excluding tert-OH is 3. The molecule has 44 heavy (non-hydrogen) atoms. The number of rotatable bonds is 30. The van der Waals surface area contributed by atoms with Crippen molar-refractivity contribution >= 4 is 22.1 Å². The first-order valence-electron chi connectivity index (χ1n) is 17.0. The molecule has 0 rings (SSSR count). The molecule has 0 saturated carbocycles. The Balaban J connectivity index is 0. The van der Waals surface area contributed by atoms with Gasteiger partial charge in [0, 0.05) is 19.6 Å². The van der Waals surface area contributed by atoms with E-state index in [-0.39, 0.29) is 39.1 Å². The van der Waals surface area contributed by atoms with Crippen LogP contribution in [0.25, 0.3) is 0 Å². The van der Waals surface area contributed by atoms with Gasteiger partial charge in [-0.2, -0.15) is 8.42 Å². The summed E-state index contributed by atoms with van der Waals surface area (Å²) in [6.07, 6.45) is 17.0. The molecule has 11 nitrogen and oxygen atoms in total. The molecule has 0 aromatic rings. The van der Waals surface area contributed by atoms with E-state index in [0.717, 1.165) is 51.4 Å². The summed E-state index contributed by atoms with van der Waals surface area (Å²) in [4.78, 5) is 25.9. The zero-order valence-corrected chi connectivity index (χ0v) is 28.5. The quantitative estimate of drug-likeness (QED) is 0.0422. The van der Waals surface area contributed by atoms with E-state index in [0.29, 0.717) is 32.5 Å². The first-order chi connectivity index (χ1) is 21.0. The first-order valence-corrected chi connectivity index (χ1v) is 18.4. The number of unbranched alkanes of at least 4 members (excludes halogenated alkanes) is 16. The van der Waals surface area contributed by atoms with Crippen molar-refractivity contribution in [2.45, 2.75) is 147 Å². The number of aliphatic hydroxyl groups is 3. The lowest BCUT2D eigenvalue weighted by Crippen LogP contribution is -2.55. The minimum absolute atomic E-state index is 0.0694. The van der Waals surface area contributed by atoms with Crippen LogP contribution in [0, 0.1) is 5.92 Å². The van der Waals surface area contributed by atoms with Gasteiger partial charge >= 0.3 is 11.9 Å². The molecular formula is C32H65NO10S. The highest BCUT2D eigenvalue weighted by molar-refractivity contribution is 7.88. The summed E-state index contributed by atoms with van der Waals surface area (Å²) in [6, 6.07) is 0. The zero-order chi connectivity index (χ0) is 33.7. The van der Waals surface area contributed by atoms with Crippen LogP contribution in [0.5, 0.6) is 0 Å². The molecule has 0 aliphatic heterocycles. The van der Waals surface area contributed by atoms with Crippen molar-refractivity contribution in [3.8, 4) is 0 Å². The van der Waals surface area contributed by atoms with Crippen molar-refractivity contribution in [2.75, 3.05) is 39.5 Å². The van der Waals surface area contributed by atoms with E-state index in [1.165, 1.54) is 44.9 Å². The van der Waals surface area contributed by atoms with Crippen molar-refractivity contribution in [3.63, 3.8) is 0 Å². The smallest absolute Gasteiger partial charge is 0.328 e. The van der Waals surface area contributed by atoms with Gasteiger partial charge < -0.3 is 25.5 Å². The summed E-state index contributed by atoms with van der Waals surface area (Å²) in [5.41, 5.74) is 0. The highest BCUT2D eigenvalue weighted by Gasteiger charge is 2.58. The molecule has 264 valence electrons. The molecule has 2 unspecified atom stereocenters. The summed E-state index contributed by atoms with van der Waals surface area (Å²) < 4.78 is 31.8. The molecule has 0 fully saturated rings. The van der Waals surface area contributed by atoms with Crippen LogP contribution in [0.4, 0.5) is 0 Å². The highest BCUT2D eigenvalue weighted by atomic mass is 32.2. The Hall–Kier alpha value is -1.31. The minimum Gasteiger partial charge on any atom is -0.481 e. The number of carbonyl (C=O) groups is 2. The van der Waals surface area contributed by atoms with Crippen LogP contribution in [-0.4, -0.2) is 99.5 Å². The van der Waals surface area contributed by atoms with Crippen molar-refractivity contribution in [1.29, 1.82) is 0 Å². The van der Waals surface area contributed by atoms with Crippen LogP contribution < -0.4 is 0 Å². The Labute approximate surface area is 267 Å².